The number of rotatable bonds is 10. The fourth-order valence-corrected chi connectivity index (χ4v) is 3.29. The van der Waals surface area contributed by atoms with E-state index in [-0.39, 0.29) is 5.91 Å². The minimum absolute atomic E-state index is 0.0727. The molecule has 1 amide bonds. The standard InChI is InChI=1S/C18H25ClN4OS/c1-3-4-5-6-7-8-16-21-22-18(23(16)2)25-13-17(24)20-15-11-9-14(19)10-12-15/h9-12H,3-8,13H2,1-2H3,(H,20,24). The maximum absolute atomic E-state index is 12.0. The van der Waals surface area contributed by atoms with Crippen LogP contribution in [0.15, 0.2) is 29.4 Å². The number of thioether (sulfide) groups is 1. The molecular weight excluding hydrogens is 356 g/mol. The summed E-state index contributed by atoms with van der Waals surface area (Å²) in [5.74, 6) is 1.21. The smallest absolute Gasteiger partial charge is 0.234 e. The molecule has 1 N–H and O–H groups in total. The number of amides is 1. The predicted molar refractivity (Wildman–Crippen MR) is 104 cm³/mol. The van der Waals surface area contributed by atoms with Gasteiger partial charge in [0.2, 0.25) is 5.91 Å². The van der Waals surface area contributed by atoms with Crippen molar-refractivity contribution in [1.29, 1.82) is 0 Å². The molecular formula is C18H25ClN4OS. The van der Waals surface area contributed by atoms with E-state index in [1.807, 2.05) is 11.6 Å². The van der Waals surface area contributed by atoms with Crippen LogP contribution in [0.4, 0.5) is 5.69 Å². The largest absolute Gasteiger partial charge is 0.325 e. The van der Waals surface area contributed by atoms with E-state index >= 15 is 0 Å². The van der Waals surface area contributed by atoms with Crippen molar-refractivity contribution in [2.75, 3.05) is 11.1 Å². The van der Waals surface area contributed by atoms with Gasteiger partial charge in [-0.2, -0.15) is 0 Å². The van der Waals surface area contributed by atoms with Crippen molar-refractivity contribution in [2.45, 2.75) is 50.6 Å². The Balaban J connectivity index is 1.76. The third-order valence-electron chi connectivity index (χ3n) is 3.89. The number of nitrogens with zero attached hydrogens (tertiary/aromatic N) is 3. The van der Waals surface area contributed by atoms with Crippen LogP contribution < -0.4 is 5.32 Å². The molecule has 0 aliphatic heterocycles. The van der Waals surface area contributed by atoms with Crippen LogP contribution in [0.2, 0.25) is 5.02 Å². The van der Waals surface area contributed by atoms with Gasteiger partial charge >= 0.3 is 0 Å². The summed E-state index contributed by atoms with van der Waals surface area (Å²) in [6.45, 7) is 2.22. The first-order valence-corrected chi connectivity index (χ1v) is 10.0. The van der Waals surface area contributed by atoms with Gasteiger partial charge in [0, 0.05) is 24.2 Å². The molecule has 0 radical (unpaired) electrons. The normalized spacial score (nSPS) is 10.8. The van der Waals surface area contributed by atoms with Crippen molar-refractivity contribution in [2.24, 2.45) is 7.05 Å². The summed E-state index contributed by atoms with van der Waals surface area (Å²) < 4.78 is 1.99. The Morgan fingerprint density at radius 3 is 2.60 bits per heavy atom. The van der Waals surface area contributed by atoms with Gasteiger partial charge in [0.25, 0.3) is 0 Å². The molecule has 0 saturated carbocycles. The first-order valence-electron chi connectivity index (χ1n) is 8.66. The Kier molecular flexibility index (Phi) is 8.28. The van der Waals surface area contributed by atoms with Gasteiger partial charge in [0.05, 0.1) is 5.75 Å². The van der Waals surface area contributed by atoms with Crippen molar-refractivity contribution in [3.8, 4) is 0 Å². The minimum atomic E-state index is -0.0727. The topological polar surface area (TPSA) is 59.8 Å². The molecule has 2 aromatic rings. The lowest BCUT2D eigenvalue weighted by molar-refractivity contribution is -0.113. The van der Waals surface area contributed by atoms with Gasteiger partial charge in [0.15, 0.2) is 5.16 Å². The summed E-state index contributed by atoms with van der Waals surface area (Å²) in [6, 6.07) is 7.06. The van der Waals surface area contributed by atoms with Gasteiger partial charge < -0.3 is 9.88 Å². The van der Waals surface area contributed by atoms with E-state index in [0.29, 0.717) is 10.8 Å². The van der Waals surface area contributed by atoms with E-state index in [1.54, 1.807) is 24.3 Å². The highest BCUT2D eigenvalue weighted by Crippen LogP contribution is 2.18. The first-order chi connectivity index (χ1) is 12.1. The Morgan fingerprint density at radius 2 is 1.88 bits per heavy atom. The summed E-state index contributed by atoms with van der Waals surface area (Å²) in [6.07, 6.45) is 7.12. The highest BCUT2D eigenvalue weighted by Gasteiger charge is 2.11. The molecule has 0 fully saturated rings. The average molecular weight is 381 g/mol. The van der Waals surface area contributed by atoms with E-state index in [4.69, 9.17) is 11.6 Å². The van der Waals surface area contributed by atoms with Gasteiger partial charge in [-0.05, 0) is 30.7 Å². The number of aromatic nitrogens is 3. The third-order valence-corrected chi connectivity index (χ3v) is 5.16. The number of benzene rings is 1. The van der Waals surface area contributed by atoms with Crippen molar-refractivity contribution < 1.29 is 4.79 Å². The van der Waals surface area contributed by atoms with Crippen LogP contribution in [0.1, 0.15) is 44.9 Å². The molecule has 0 aliphatic carbocycles. The summed E-state index contributed by atoms with van der Waals surface area (Å²) in [7, 11) is 1.96. The van der Waals surface area contributed by atoms with Crippen LogP contribution in [-0.2, 0) is 18.3 Å². The molecule has 25 heavy (non-hydrogen) atoms. The van der Waals surface area contributed by atoms with Crippen LogP contribution in [0.3, 0.4) is 0 Å². The molecule has 7 heteroatoms. The molecule has 0 aliphatic rings. The summed E-state index contributed by atoms with van der Waals surface area (Å²) in [5, 5.41) is 12.7. The zero-order valence-electron chi connectivity index (χ0n) is 14.8. The zero-order chi connectivity index (χ0) is 18.1. The fourth-order valence-electron chi connectivity index (χ4n) is 2.44. The van der Waals surface area contributed by atoms with E-state index in [0.717, 1.165) is 29.5 Å². The molecule has 1 aromatic carbocycles. The van der Waals surface area contributed by atoms with Gasteiger partial charge in [-0.25, -0.2) is 0 Å². The van der Waals surface area contributed by atoms with Gasteiger partial charge in [-0.3, -0.25) is 4.79 Å². The number of carbonyl (C=O) groups is 1. The highest BCUT2D eigenvalue weighted by molar-refractivity contribution is 7.99. The van der Waals surface area contributed by atoms with Gasteiger partial charge in [0.1, 0.15) is 5.82 Å². The summed E-state index contributed by atoms with van der Waals surface area (Å²) in [5.41, 5.74) is 0.737. The van der Waals surface area contributed by atoms with E-state index < -0.39 is 0 Å². The van der Waals surface area contributed by atoms with Crippen LogP contribution in [0.25, 0.3) is 0 Å². The van der Waals surface area contributed by atoms with Crippen LogP contribution >= 0.6 is 23.4 Å². The van der Waals surface area contributed by atoms with Crippen molar-refractivity contribution in [1.82, 2.24) is 14.8 Å². The molecule has 136 valence electrons. The fraction of sp³-hybridized carbons (Fsp3) is 0.500. The van der Waals surface area contributed by atoms with E-state index in [1.165, 1.54) is 37.4 Å². The quantitative estimate of drug-likeness (QED) is 0.479. The first kappa shape index (κ1) is 19.8. The van der Waals surface area contributed by atoms with E-state index in [9.17, 15) is 4.79 Å². The number of anilines is 1. The highest BCUT2D eigenvalue weighted by atomic mass is 35.5. The molecule has 0 bridgehead atoms. The number of nitrogens with one attached hydrogen (secondary N) is 1. The molecule has 0 unspecified atom stereocenters. The van der Waals surface area contributed by atoms with Crippen molar-refractivity contribution in [3.05, 3.63) is 35.1 Å². The second-order valence-corrected chi connectivity index (χ2v) is 7.34. The van der Waals surface area contributed by atoms with Gasteiger partial charge in [-0.15, -0.1) is 10.2 Å². The molecule has 0 saturated heterocycles. The molecule has 5 nitrogen and oxygen atoms in total. The monoisotopic (exact) mass is 380 g/mol. The Hall–Kier alpha value is -1.53. The van der Waals surface area contributed by atoms with Crippen molar-refractivity contribution >= 4 is 35.0 Å². The maximum atomic E-state index is 12.0. The predicted octanol–water partition coefficient (Wildman–Crippen LogP) is 4.71. The molecule has 1 aromatic heterocycles. The molecule has 2 rings (SSSR count). The number of hydrogen-bond acceptors (Lipinski definition) is 4. The SMILES string of the molecule is CCCCCCCc1nnc(SCC(=O)Nc2ccc(Cl)cc2)n1C. The lowest BCUT2D eigenvalue weighted by atomic mass is 10.1. The lowest BCUT2D eigenvalue weighted by Crippen LogP contribution is -2.14. The Bertz CT molecular complexity index is 672. The summed E-state index contributed by atoms with van der Waals surface area (Å²) >= 11 is 7.23. The second-order valence-electron chi connectivity index (χ2n) is 5.97. The molecule has 0 spiro atoms. The number of aryl methyl sites for hydroxylation is 1. The molecule has 1 heterocycles. The summed E-state index contributed by atoms with van der Waals surface area (Å²) in [4.78, 5) is 12.0. The Labute approximate surface area is 158 Å². The number of halogens is 1. The van der Waals surface area contributed by atoms with Crippen LogP contribution in [0.5, 0.6) is 0 Å². The zero-order valence-corrected chi connectivity index (χ0v) is 16.4. The number of hydrogen-bond donors (Lipinski definition) is 1. The Morgan fingerprint density at radius 1 is 1.16 bits per heavy atom. The van der Waals surface area contributed by atoms with Crippen LogP contribution in [-0.4, -0.2) is 26.4 Å². The van der Waals surface area contributed by atoms with Crippen LogP contribution in [0, 0.1) is 0 Å². The average Bonchev–Trinajstić information content (AvgIpc) is 2.95. The number of unbranched alkanes of at least 4 members (excludes halogenated alkanes) is 4. The third kappa shape index (κ3) is 6.71. The maximum Gasteiger partial charge on any atom is 0.234 e. The molecule has 0 atom stereocenters. The number of carbonyl (C=O) groups excluding carboxylic acids is 1. The van der Waals surface area contributed by atoms with Crippen molar-refractivity contribution in [3.63, 3.8) is 0 Å². The lowest BCUT2D eigenvalue weighted by Gasteiger charge is -2.06. The van der Waals surface area contributed by atoms with E-state index in [2.05, 4.69) is 22.4 Å². The van der Waals surface area contributed by atoms with Gasteiger partial charge in [-0.1, -0.05) is 56.0 Å². The second kappa shape index (κ2) is 10.5. The minimum Gasteiger partial charge on any atom is -0.325 e.